The average molecular weight is 460 g/mol. The summed E-state index contributed by atoms with van der Waals surface area (Å²) in [6.45, 7) is 1.79. The topological polar surface area (TPSA) is 84.9 Å². The minimum atomic E-state index is -0.674. The van der Waals surface area contributed by atoms with Crippen molar-refractivity contribution in [3.63, 3.8) is 0 Å². The van der Waals surface area contributed by atoms with Gasteiger partial charge >= 0.3 is 5.97 Å². The van der Waals surface area contributed by atoms with Crippen LogP contribution in [0.5, 0.6) is 11.5 Å². The lowest BCUT2D eigenvalue weighted by atomic mass is 9.72. The van der Waals surface area contributed by atoms with E-state index >= 15 is 0 Å². The Balaban J connectivity index is 1.88. The van der Waals surface area contributed by atoms with Gasteiger partial charge in [-0.3, -0.25) is 4.79 Å². The third-order valence-electron chi connectivity index (χ3n) is 5.78. The molecule has 4 rings (SSSR count). The number of halogens is 1. The van der Waals surface area contributed by atoms with Gasteiger partial charge in [-0.2, -0.15) is 0 Å². The van der Waals surface area contributed by atoms with Crippen LogP contribution in [-0.2, 0) is 14.3 Å². The van der Waals surface area contributed by atoms with Crippen molar-refractivity contribution in [1.29, 1.82) is 0 Å². The Hall–Kier alpha value is -2.77. The lowest BCUT2D eigenvalue weighted by molar-refractivity contribution is -0.136. The fourth-order valence-electron chi connectivity index (χ4n) is 4.39. The Morgan fingerprint density at radius 1 is 1.29 bits per heavy atom. The van der Waals surface area contributed by atoms with Crippen LogP contribution in [0.3, 0.4) is 0 Å². The highest BCUT2D eigenvalue weighted by Gasteiger charge is 2.41. The SMILES string of the molecule is COC(=O)C1=C(C)NC2=C(C(=O)C[C@@H](c3cccs3)C2)[C@H]1c1cc(Cl)c(O)c(OC)c1. The molecule has 1 aliphatic heterocycles. The largest absolute Gasteiger partial charge is 0.503 e. The number of hydrogen-bond donors (Lipinski definition) is 2. The summed E-state index contributed by atoms with van der Waals surface area (Å²) in [7, 11) is 2.73. The van der Waals surface area contributed by atoms with Crippen LogP contribution in [0.4, 0.5) is 0 Å². The number of benzene rings is 1. The molecule has 1 aromatic carbocycles. The molecule has 0 spiro atoms. The van der Waals surface area contributed by atoms with E-state index in [1.54, 1.807) is 30.4 Å². The first-order chi connectivity index (χ1) is 14.8. The molecule has 0 bridgehead atoms. The number of carbonyl (C=O) groups excluding carboxylic acids is 2. The maximum Gasteiger partial charge on any atom is 0.336 e. The van der Waals surface area contributed by atoms with Crippen molar-refractivity contribution in [2.24, 2.45) is 0 Å². The van der Waals surface area contributed by atoms with Crippen LogP contribution in [0.15, 0.2) is 52.2 Å². The van der Waals surface area contributed by atoms with Crippen LogP contribution in [0.2, 0.25) is 5.02 Å². The van der Waals surface area contributed by atoms with Gasteiger partial charge in [-0.05, 0) is 42.5 Å². The monoisotopic (exact) mass is 459 g/mol. The smallest absolute Gasteiger partial charge is 0.336 e. The van der Waals surface area contributed by atoms with E-state index in [-0.39, 0.29) is 28.2 Å². The average Bonchev–Trinajstić information content (AvgIpc) is 3.29. The molecule has 6 nitrogen and oxygen atoms in total. The van der Waals surface area contributed by atoms with Crippen molar-refractivity contribution in [2.75, 3.05) is 14.2 Å². The molecule has 2 atom stereocenters. The lowest BCUT2D eigenvalue weighted by Crippen LogP contribution is -2.35. The maximum absolute atomic E-state index is 13.4. The number of Topliss-reactive ketones (excluding diaryl/α,β-unsaturated/α-hetero) is 1. The van der Waals surface area contributed by atoms with E-state index in [0.29, 0.717) is 35.2 Å². The number of ether oxygens (including phenoxy) is 2. The summed E-state index contributed by atoms with van der Waals surface area (Å²) in [6.07, 6.45) is 1.01. The second kappa shape index (κ2) is 8.40. The van der Waals surface area contributed by atoms with Crippen molar-refractivity contribution < 1.29 is 24.2 Å². The Morgan fingerprint density at radius 3 is 2.71 bits per heavy atom. The van der Waals surface area contributed by atoms with E-state index in [0.717, 1.165) is 10.6 Å². The molecule has 1 aromatic heterocycles. The molecule has 0 saturated heterocycles. The quantitative estimate of drug-likeness (QED) is 0.647. The first kappa shape index (κ1) is 21.5. The van der Waals surface area contributed by atoms with Gasteiger partial charge in [0.25, 0.3) is 0 Å². The van der Waals surface area contributed by atoms with Crippen LogP contribution < -0.4 is 10.1 Å². The minimum Gasteiger partial charge on any atom is -0.503 e. The number of methoxy groups -OCH3 is 2. The van der Waals surface area contributed by atoms with E-state index in [1.165, 1.54) is 14.2 Å². The number of phenolic OH excluding ortho intramolecular Hbond substituents is 1. The van der Waals surface area contributed by atoms with Gasteiger partial charge in [-0.15, -0.1) is 11.3 Å². The minimum absolute atomic E-state index is 0.0331. The number of phenols is 1. The second-order valence-corrected chi connectivity index (χ2v) is 8.96. The van der Waals surface area contributed by atoms with Gasteiger partial charge < -0.3 is 19.9 Å². The number of aromatic hydroxyl groups is 1. The van der Waals surface area contributed by atoms with Crippen LogP contribution >= 0.6 is 22.9 Å². The summed E-state index contributed by atoms with van der Waals surface area (Å²) in [4.78, 5) is 27.3. The highest BCUT2D eigenvalue weighted by molar-refractivity contribution is 7.10. The number of hydrogen-bond acceptors (Lipinski definition) is 7. The van der Waals surface area contributed by atoms with Gasteiger partial charge in [-0.25, -0.2) is 4.79 Å². The van der Waals surface area contributed by atoms with Crippen LogP contribution in [0.25, 0.3) is 0 Å². The summed E-state index contributed by atoms with van der Waals surface area (Å²) >= 11 is 7.88. The van der Waals surface area contributed by atoms with Gasteiger partial charge in [-0.1, -0.05) is 17.7 Å². The number of carbonyl (C=O) groups is 2. The Kier molecular flexibility index (Phi) is 5.81. The van der Waals surface area contributed by atoms with Crippen molar-refractivity contribution >= 4 is 34.7 Å². The zero-order valence-corrected chi connectivity index (χ0v) is 18.9. The molecule has 0 amide bonds. The summed E-state index contributed by atoms with van der Waals surface area (Å²) in [5, 5.41) is 15.5. The second-order valence-electron chi connectivity index (χ2n) is 7.58. The Morgan fingerprint density at radius 2 is 2.06 bits per heavy atom. The van der Waals surface area contributed by atoms with Gasteiger partial charge in [0, 0.05) is 40.1 Å². The van der Waals surface area contributed by atoms with Crippen molar-refractivity contribution in [2.45, 2.75) is 31.6 Å². The number of nitrogens with one attached hydrogen (secondary N) is 1. The molecule has 8 heteroatoms. The highest BCUT2D eigenvalue weighted by atomic mass is 35.5. The molecule has 0 unspecified atom stereocenters. The van der Waals surface area contributed by atoms with Gasteiger partial charge in [0.2, 0.25) is 0 Å². The number of esters is 1. The summed E-state index contributed by atoms with van der Waals surface area (Å²) in [5.41, 5.74) is 2.87. The number of thiophene rings is 1. The summed E-state index contributed by atoms with van der Waals surface area (Å²) in [6, 6.07) is 7.20. The summed E-state index contributed by atoms with van der Waals surface area (Å²) < 4.78 is 10.3. The molecule has 1 aliphatic carbocycles. The maximum atomic E-state index is 13.4. The molecular weight excluding hydrogens is 438 g/mol. The van der Waals surface area contributed by atoms with E-state index < -0.39 is 11.9 Å². The van der Waals surface area contributed by atoms with Gasteiger partial charge in [0.05, 0.1) is 24.8 Å². The molecule has 0 saturated carbocycles. The lowest BCUT2D eigenvalue weighted by Gasteiger charge is -2.36. The Bertz CT molecular complexity index is 1120. The predicted octanol–water partition coefficient (Wildman–Crippen LogP) is 4.65. The van der Waals surface area contributed by atoms with Crippen molar-refractivity contribution in [1.82, 2.24) is 5.32 Å². The third kappa shape index (κ3) is 3.72. The molecule has 2 heterocycles. The fourth-order valence-corrected chi connectivity index (χ4v) is 5.44. The van der Waals surface area contributed by atoms with Crippen molar-refractivity contribution in [3.05, 3.63) is 67.6 Å². The molecule has 0 fully saturated rings. The molecular formula is C23H22ClNO5S. The van der Waals surface area contributed by atoms with E-state index in [9.17, 15) is 14.7 Å². The molecule has 0 radical (unpaired) electrons. The predicted molar refractivity (Wildman–Crippen MR) is 119 cm³/mol. The van der Waals surface area contributed by atoms with E-state index in [4.69, 9.17) is 21.1 Å². The molecule has 162 valence electrons. The number of dihydropyridines is 1. The van der Waals surface area contributed by atoms with E-state index in [2.05, 4.69) is 5.32 Å². The van der Waals surface area contributed by atoms with Gasteiger partial charge in [0.1, 0.15) is 0 Å². The summed E-state index contributed by atoms with van der Waals surface area (Å²) in [5.74, 6) is -1.17. The first-order valence-electron chi connectivity index (χ1n) is 9.77. The fraction of sp³-hybridized carbons (Fsp3) is 0.304. The first-order valence-corrected chi connectivity index (χ1v) is 11.0. The molecule has 2 aromatic rings. The van der Waals surface area contributed by atoms with Crippen molar-refractivity contribution in [3.8, 4) is 11.5 Å². The van der Waals surface area contributed by atoms with E-state index in [1.807, 2.05) is 17.5 Å². The number of rotatable bonds is 4. The number of allylic oxidation sites excluding steroid dienone is 3. The standard InChI is InChI=1S/C23H22ClNO5S/c1-11-19(23(28)30-3)20(13-7-14(24)22(27)17(10-13)29-2)21-15(25-11)8-12(9-16(21)26)18-5-4-6-31-18/h4-7,10,12,20,25,27H,8-9H2,1-3H3/t12-,20-/m0/s1. The van der Waals surface area contributed by atoms with Crippen LogP contribution in [0.1, 0.15) is 42.0 Å². The zero-order chi connectivity index (χ0) is 22.3. The van der Waals surface area contributed by atoms with Gasteiger partial charge in [0.15, 0.2) is 17.3 Å². The third-order valence-corrected chi connectivity index (χ3v) is 7.11. The zero-order valence-electron chi connectivity index (χ0n) is 17.3. The molecule has 2 aliphatic rings. The molecule has 2 N–H and O–H groups in total. The van der Waals surface area contributed by atoms with Crippen LogP contribution in [-0.4, -0.2) is 31.1 Å². The number of ketones is 1. The van der Waals surface area contributed by atoms with Crippen LogP contribution in [0, 0.1) is 0 Å². The Labute approximate surface area is 189 Å². The highest BCUT2D eigenvalue weighted by Crippen LogP contribution is 2.48. The normalized spacial score (nSPS) is 21.0. The molecule has 31 heavy (non-hydrogen) atoms.